The predicted molar refractivity (Wildman–Crippen MR) is 494 cm³/mol. The first-order valence-corrected chi connectivity index (χ1v) is 39.6. The van der Waals surface area contributed by atoms with Gasteiger partial charge in [0.2, 0.25) is 0 Å². The highest BCUT2D eigenvalue weighted by atomic mass is 14.4. The molecule has 0 bridgehead atoms. The minimum absolute atomic E-state index is 0.151. The van der Waals surface area contributed by atoms with Crippen molar-refractivity contribution in [2.75, 3.05) is 0 Å². The van der Waals surface area contributed by atoms with Crippen LogP contribution in [0.4, 0.5) is 0 Å². The van der Waals surface area contributed by atoms with Gasteiger partial charge in [0.15, 0.2) is 0 Å². The first-order valence-electron chi connectivity index (χ1n) is 39.6. The molecular formula is C112H100. The van der Waals surface area contributed by atoms with E-state index in [0.717, 1.165) is 0 Å². The average Bonchev–Trinajstić information content (AvgIpc) is 1.53. The highest BCUT2D eigenvalue weighted by Gasteiger charge is 2.35. The molecule has 0 nitrogen and oxygen atoms in total. The smallest absolute Gasteiger partial charge is 0.0158 e. The summed E-state index contributed by atoms with van der Waals surface area (Å²) in [5.41, 5.74) is 23.1. The molecule has 20 aromatic carbocycles. The fourth-order valence-corrected chi connectivity index (χ4v) is 16.7. The Morgan fingerprint density at radius 3 is 0.741 bits per heavy atom. The lowest BCUT2D eigenvalue weighted by Gasteiger charge is -2.21. The molecule has 0 fully saturated rings. The molecule has 0 amide bonds. The van der Waals surface area contributed by atoms with Gasteiger partial charge in [-0.1, -0.05) is 420 Å². The van der Waals surface area contributed by atoms with Crippen LogP contribution in [-0.4, -0.2) is 0 Å². The van der Waals surface area contributed by atoms with Crippen molar-refractivity contribution in [1.82, 2.24) is 0 Å². The summed E-state index contributed by atoms with van der Waals surface area (Å²) < 4.78 is 0. The maximum absolute atomic E-state index is 2.33. The van der Waals surface area contributed by atoms with Crippen LogP contribution in [0.5, 0.6) is 0 Å². The lowest BCUT2D eigenvalue weighted by atomic mass is 9.82. The molecule has 0 aromatic heterocycles. The Bertz CT molecular complexity index is 6590. The van der Waals surface area contributed by atoms with Crippen LogP contribution >= 0.6 is 0 Å². The summed E-state index contributed by atoms with van der Waals surface area (Å²) >= 11 is 0. The molecule has 0 aliphatic heterocycles. The van der Waals surface area contributed by atoms with Gasteiger partial charge >= 0.3 is 0 Å². The average molecular weight is 1450 g/mol. The van der Waals surface area contributed by atoms with Gasteiger partial charge in [0.25, 0.3) is 0 Å². The predicted octanol–water partition coefficient (Wildman–Crippen LogP) is 32.0. The second-order valence-electron chi connectivity index (χ2n) is 32.2. The zero-order valence-electron chi connectivity index (χ0n) is 67.8. The summed E-state index contributed by atoms with van der Waals surface area (Å²) in [6.45, 7) is 32.4. The highest BCUT2D eigenvalue weighted by molar-refractivity contribution is 6.26. The number of hydrogen-bond acceptors (Lipinski definition) is 0. The van der Waals surface area contributed by atoms with E-state index in [1.807, 2.05) is 0 Å². The van der Waals surface area contributed by atoms with E-state index in [9.17, 15) is 0 Å². The van der Waals surface area contributed by atoms with E-state index in [1.54, 1.807) is 0 Å². The van der Waals surface area contributed by atoms with Gasteiger partial charge in [-0.2, -0.15) is 0 Å². The number of rotatable bonds is 0. The molecule has 0 saturated heterocycles. The summed E-state index contributed by atoms with van der Waals surface area (Å²) in [4.78, 5) is 0. The monoisotopic (exact) mass is 1440 g/mol. The van der Waals surface area contributed by atoms with Crippen LogP contribution in [-0.2, 0) is 5.41 Å². The number of fused-ring (bicyclic) bond motifs is 23. The molecule has 112 heavy (non-hydrogen) atoms. The largest absolute Gasteiger partial charge is 0.0619 e. The van der Waals surface area contributed by atoms with Crippen molar-refractivity contribution < 1.29 is 0 Å². The summed E-state index contributed by atoms with van der Waals surface area (Å²) in [5, 5.41) is 32.2. The van der Waals surface area contributed by atoms with Gasteiger partial charge in [0, 0.05) is 5.41 Å². The highest BCUT2D eigenvalue weighted by Crippen LogP contribution is 2.49. The van der Waals surface area contributed by atoms with Crippen LogP contribution in [0.1, 0.15) is 97.3 Å². The normalized spacial score (nSPS) is 11.8. The first-order chi connectivity index (χ1) is 54.1. The number of aryl methyl sites for hydroxylation is 13. The van der Waals surface area contributed by atoms with E-state index in [2.05, 4.69) is 438 Å². The van der Waals surface area contributed by atoms with Gasteiger partial charge in [-0.25, -0.2) is 0 Å². The van der Waals surface area contributed by atoms with E-state index in [-0.39, 0.29) is 5.41 Å². The molecule has 0 saturated carbocycles. The molecule has 0 radical (unpaired) electrons. The van der Waals surface area contributed by atoms with Crippen LogP contribution < -0.4 is 0 Å². The minimum atomic E-state index is 0.151. The lowest BCUT2D eigenvalue weighted by Crippen LogP contribution is -2.14. The van der Waals surface area contributed by atoms with Crippen LogP contribution in [0.25, 0.3) is 140 Å². The maximum atomic E-state index is 2.33. The SMILES string of the molecule is Cc1ccc(C)cc1.Cc1ccc2c(c1)C(C)(C)c1ccccc1-2.Cc1ccc2c(ccc3c4ccc(C)cc4ccc23)c1.Cc1ccc2c(ccc3cc(C)ccc32)c1.Cc1ccc2c3ccc(C)cc3c3ccccc3c2c1.Cc1ccc2cc(C)ccc2c1.Cc1ccc2ccc3c4cc(C)ccc4ccc3c2c1. The molecule has 0 spiro atoms. The second-order valence-corrected chi connectivity index (χ2v) is 32.2. The molecule has 1 aliphatic carbocycles. The molecule has 20 aromatic rings. The summed E-state index contributed by atoms with van der Waals surface area (Å²) in [6.07, 6.45) is 0. The minimum Gasteiger partial charge on any atom is -0.0619 e. The van der Waals surface area contributed by atoms with Crippen molar-refractivity contribution in [2.24, 2.45) is 0 Å². The van der Waals surface area contributed by atoms with Crippen molar-refractivity contribution in [3.8, 4) is 11.1 Å². The van der Waals surface area contributed by atoms with E-state index in [0.29, 0.717) is 0 Å². The standard InChI is InChI=1S/3C20H16.C16H14.C16H16.C12H12.C8H10/c1-13-3-7-17-15(11-13)5-9-20-18-8-4-14(2)12-16(18)6-10-19(17)20;1-13-3-5-15-7-10-18-17(19(15)11-13)9-8-16-6-4-14(2)12-20(16)18;1-13-7-9-17-18-10-8-14(2)12-20(18)16-6-4-3-5-15(16)19(17)11-13;1-11-3-7-15-13(9-11)5-6-14-10-12(2)4-8-16(14)15;1-11-8-9-13-12-6-4-5-7-14(12)16(2,3)15(13)10-11;1-9-3-5-12-8-10(2)4-6-11(12)7-9;1-7-3-5-8(2)6-4-7/h3*3-12H,1-2H3;3-10H,1-2H3;4-10H,1-3H3;3-8H,1-2H3;3-6H,1-2H3. The van der Waals surface area contributed by atoms with Crippen molar-refractivity contribution in [3.63, 3.8) is 0 Å². The molecule has 0 heteroatoms. The quantitative estimate of drug-likeness (QED) is 0.133. The molecule has 0 N–H and O–H groups in total. The Morgan fingerprint density at radius 2 is 0.348 bits per heavy atom. The lowest BCUT2D eigenvalue weighted by molar-refractivity contribution is 0.660. The fourth-order valence-electron chi connectivity index (χ4n) is 16.7. The van der Waals surface area contributed by atoms with E-state index in [4.69, 9.17) is 0 Å². The van der Waals surface area contributed by atoms with Crippen LogP contribution in [0.3, 0.4) is 0 Å². The summed E-state index contributed by atoms with van der Waals surface area (Å²) in [6, 6.07) is 122. The third-order valence-electron chi connectivity index (χ3n) is 22.7. The van der Waals surface area contributed by atoms with Crippen molar-refractivity contribution in [1.29, 1.82) is 0 Å². The van der Waals surface area contributed by atoms with Crippen LogP contribution in [0.15, 0.2) is 334 Å². The van der Waals surface area contributed by atoms with Gasteiger partial charge < -0.3 is 0 Å². The molecule has 0 heterocycles. The zero-order valence-corrected chi connectivity index (χ0v) is 67.8. The Labute approximate surface area is 662 Å². The number of benzene rings is 20. The molecule has 0 unspecified atom stereocenters. The molecular weight excluding hydrogens is 1350 g/mol. The Balaban J connectivity index is 0.000000105. The maximum Gasteiger partial charge on any atom is 0.0158 e. The molecule has 548 valence electrons. The van der Waals surface area contributed by atoms with Crippen molar-refractivity contribution >= 4 is 129 Å². The van der Waals surface area contributed by atoms with Gasteiger partial charge in [0.05, 0.1) is 0 Å². The van der Waals surface area contributed by atoms with Gasteiger partial charge in [-0.3, -0.25) is 0 Å². The topological polar surface area (TPSA) is 0 Å². The van der Waals surface area contributed by atoms with E-state index >= 15 is 0 Å². The second kappa shape index (κ2) is 31.8. The Morgan fingerprint density at radius 1 is 0.134 bits per heavy atom. The molecule has 21 rings (SSSR count). The van der Waals surface area contributed by atoms with Crippen LogP contribution in [0, 0.1) is 90.0 Å². The van der Waals surface area contributed by atoms with E-state index in [1.165, 1.54) is 224 Å². The third-order valence-corrected chi connectivity index (χ3v) is 22.7. The van der Waals surface area contributed by atoms with Gasteiger partial charge in [-0.05, 0) is 242 Å². The van der Waals surface area contributed by atoms with Gasteiger partial charge in [-0.15, -0.1) is 0 Å². The zero-order chi connectivity index (χ0) is 78.1. The summed E-state index contributed by atoms with van der Waals surface area (Å²) in [7, 11) is 0. The molecule has 0 atom stereocenters. The molecule has 1 aliphatic rings. The van der Waals surface area contributed by atoms with E-state index < -0.39 is 0 Å². The number of hydrogen-bond donors (Lipinski definition) is 0. The Hall–Kier alpha value is -12.5. The van der Waals surface area contributed by atoms with Crippen LogP contribution in [0.2, 0.25) is 0 Å². The van der Waals surface area contributed by atoms with Gasteiger partial charge in [0.1, 0.15) is 0 Å². The summed E-state index contributed by atoms with van der Waals surface area (Å²) in [5.74, 6) is 0. The third kappa shape index (κ3) is 15.8. The van der Waals surface area contributed by atoms with Crippen molar-refractivity contribution in [3.05, 3.63) is 417 Å². The Kier molecular flexibility index (Phi) is 21.3. The van der Waals surface area contributed by atoms with Crippen molar-refractivity contribution in [2.45, 2.75) is 109 Å². The fraction of sp³-hybridized carbons (Fsp3) is 0.143. The first kappa shape index (κ1) is 75.0.